The first kappa shape index (κ1) is 26.3. The van der Waals surface area contributed by atoms with Gasteiger partial charge in [-0.3, -0.25) is 9.69 Å². The molecule has 2 heterocycles. The van der Waals surface area contributed by atoms with Crippen molar-refractivity contribution in [1.29, 1.82) is 0 Å². The highest BCUT2D eigenvalue weighted by Crippen LogP contribution is 2.45. The van der Waals surface area contributed by atoms with E-state index in [1.165, 1.54) is 0 Å². The molecule has 3 aliphatic rings. The first-order chi connectivity index (χ1) is 19.2. The van der Waals surface area contributed by atoms with Gasteiger partial charge in [0, 0.05) is 11.8 Å². The van der Waals surface area contributed by atoms with Crippen LogP contribution >= 0.6 is 0 Å². The van der Waals surface area contributed by atoms with E-state index in [0.717, 1.165) is 40.5 Å². The molecular formula is C30H25F4NO5. The molecule has 3 aromatic carbocycles. The van der Waals surface area contributed by atoms with Crippen LogP contribution < -0.4 is 4.74 Å². The predicted molar refractivity (Wildman–Crippen MR) is 135 cm³/mol. The maximum atomic E-state index is 14.5. The smallest absolute Gasteiger partial charge is 0.448 e. The third-order valence-corrected chi connectivity index (χ3v) is 7.87. The molecule has 2 saturated heterocycles. The maximum absolute atomic E-state index is 14.5. The number of benzene rings is 3. The Balaban J connectivity index is 1.16. The summed E-state index contributed by atoms with van der Waals surface area (Å²) in [5.41, 5.74) is 3.92. The molecule has 1 amide bonds. The monoisotopic (exact) mass is 555 g/mol. The van der Waals surface area contributed by atoms with Gasteiger partial charge >= 0.3 is 12.5 Å². The molecule has 0 spiro atoms. The number of morpholine rings is 1. The molecule has 0 aromatic heterocycles. The summed E-state index contributed by atoms with van der Waals surface area (Å²) in [6.07, 6.45) is -5.15. The Hall–Kier alpha value is -3.92. The summed E-state index contributed by atoms with van der Waals surface area (Å²) in [5.74, 6) is -3.04. The second kappa shape index (κ2) is 10.2. The normalized spacial score (nSPS) is 21.9. The number of ether oxygens (including phenoxy) is 3. The highest BCUT2D eigenvalue weighted by molar-refractivity contribution is 5.98. The van der Waals surface area contributed by atoms with Gasteiger partial charge in [0.1, 0.15) is 18.2 Å². The predicted octanol–water partition coefficient (Wildman–Crippen LogP) is 6.34. The molecule has 0 radical (unpaired) electrons. The topological polar surface area (TPSA) is 65.1 Å². The average molecular weight is 556 g/mol. The Bertz CT molecular complexity index is 1400. The van der Waals surface area contributed by atoms with Crippen LogP contribution in [-0.2, 0) is 9.47 Å². The van der Waals surface area contributed by atoms with Crippen molar-refractivity contribution >= 4 is 11.9 Å². The van der Waals surface area contributed by atoms with Gasteiger partial charge in [-0.15, -0.1) is 13.2 Å². The summed E-state index contributed by atoms with van der Waals surface area (Å²) in [6.45, 7) is 0.484. The number of alkyl halides is 3. The number of Topliss-reactive ketones (excluding diaryl/α,β-unsaturated/α-hetero) is 1. The highest BCUT2D eigenvalue weighted by Gasteiger charge is 2.45. The Kier molecular flexibility index (Phi) is 6.74. The van der Waals surface area contributed by atoms with Gasteiger partial charge in [-0.2, -0.15) is 0 Å². The first-order valence-electron chi connectivity index (χ1n) is 13.0. The van der Waals surface area contributed by atoms with E-state index < -0.39 is 53.4 Å². The lowest BCUT2D eigenvalue weighted by atomic mass is 9.80. The molecule has 3 aromatic rings. The van der Waals surface area contributed by atoms with Crippen molar-refractivity contribution in [3.8, 4) is 16.9 Å². The van der Waals surface area contributed by atoms with E-state index in [-0.39, 0.29) is 38.6 Å². The van der Waals surface area contributed by atoms with Crippen LogP contribution in [0, 0.1) is 11.7 Å². The van der Waals surface area contributed by atoms with E-state index in [1.807, 2.05) is 48.5 Å². The SMILES string of the molecule is O=C(c1cc(OC(F)(F)F)ccc1F)C1CC2COCC(C1)N2C(=O)OCC1c2ccccc2-c2ccccc21. The number of hydrogen-bond donors (Lipinski definition) is 0. The van der Waals surface area contributed by atoms with Gasteiger partial charge in [0.2, 0.25) is 0 Å². The lowest BCUT2D eigenvalue weighted by Crippen LogP contribution is -2.60. The molecule has 2 bridgehead atoms. The molecule has 1 aliphatic carbocycles. The minimum absolute atomic E-state index is 0.110. The van der Waals surface area contributed by atoms with Crippen LogP contribution in [0.15, 0.2) is 66.7 Å². The van der Waals surface area contributed by atoms with Crippen LogP contribution in [0.25, 0.3) is 11.1 Å². The van der Waals surface area contributed by atoms with E-state index >= 15 is 0 Å². The van der Waals surface area contributed by atoms with E-state index in [1.54, 1.807) is 4.90 Å². The molecule has 0 saturated carbocycles. The zero-order valence-corrected chi connectivity index (χ0v) is 21.2. The van der Waals surface area contributed by atoms with Crippen molar-refractivity contribution < 1.29 is 41.4 Å². The number of rotatable bonds is 5. The van der Waals surface area contributed by atoms with Gasteiger partial charge in [-0.25, -0.2) is 9.18 Å². The fraction of sp³-hybridized carbons (Fsp3) is 0.333. The van der Waals surface area contributed by atoms with Crippen molar-refractivity contribution in [3.63, 3.8) is 0 Å². The van der Waals surface area contributed by atoms with E-state index in [4.69, 9.17) is 9.47 Å². The molecule has 10 heteroatoms. The fourth-order valence-corrected chi connectivity index (χ4v) is 6.21. The Morgan fingerprint density at radius 1 is 0.900 bits per heavy atom. The molecular weight excluding hydrogens is 530 g/mol. The van der Waals surface area contributed by atoms with Gasteiger partial charge < -0.3 is 14.2 Å². The minimum atomic E-state index is -4.97. The lowest BCUT2D eigenvalue weighted by Gasteiger charge is -2.47. The number of piperidine rings is 1. The van der Waals surface area contributed by atoms with E-state index in [2.05, 4.69) is 4.74 Å². The molecule has 208 valence electrons. The fourth-order valence-electron chi connectivity index (χ4n) is 6.21. The molecule has 2 unspecified atom stereocenters. The van der Waals surface area contributed by atoms with Crippen LogP contribution in [0.5, 0.6) is 5.75 Å². The summed E-state index contributed by atoms with van der Waals surface area (Å²) in [5, 5.41) is 0. The number of fused-ring (bicyclic) bond motifs is 5. The van der Waals surface area contributed by atoms with Crippen molar-refractivity contribution in [2.75, 3.05) is 19.8 Å². The second-order valence-corrected chi connectivity index (χ2v) is 10.3. The summed E-state index contributed by atoms with van der Waals surface area (Å²) in [4.78, 5) is 28.2. The lowest BCUT2D eigenvalue weighted by molar-refractivity contribution is -0.274. The zero-order valence-electron chi connectivity index (χ0n) is 21.2. The number of carbonyl (C=O) groups excluding carboxylic acids is 2. The summed E-state index contributed by atoms with van der Waals surface area (Å²) < 4.78 is 67.8. The van der Waals surface area contributed by atoms with Crippen molar-refractivity contribution in [2.45, 2.75) is 37.2 Å². The Morgan fingerprint density at radius 3 is 2.10 bits per heavy atom. The van der Waals surface area contributed by atoms with Crippen LogP contribution in [0.4, 0.5) is 22.4 Å². The van der Waals surface area contributed by atoms with Gasteiger partial charge in [0.15, 0.2) is 5.78 Å². The third kappa shape index (κ3) is 4.92. The number of halogens is 4. The van der Waals surface area contributed by atoms with Crippen LogP contribution in [0.2, 0.25) is 0 Å². The highest BCUT2D eigenvalue weighted by atomic mass is 19.4. The van der Waals surface area contributed by atoms with Crippen molar-refractivity contribution in [2.24, 2.45) is 5.92 Å². The average Bonchev–Trinajstić information content (AvgIpc) is 3.24. The second-order valence-electron chi connectivity index (χ2n) is 10.3. The Labute approximate surface area is 227 Å². The summed E-state index contributed by atoms with van der Waals surface area (Å²) in [7, 11) is 0. The Morgan fingerprint density at radius 2 is 1.50 bits per heavy atom. The largest absolute Gasteiger partial charge is 0.573 e. The van der Waals surface area contributed by atoms with Gasteiger partial charge in [0.25, 0.3) is 0 Å². The molecule has 6 rings (SSSR count). The quantitative estimate of drug-likeness (QED) is 0.272. The van der Waals surface area contributed by atoms with Gasteiger partial charge in [0.05, 0.1) is 30.9 Å². The molecule has 0 N–H and O–H groups in total. The summed E-state index contributed by atoms with van der Waals surface area (Å²) >= 11 is 0. The van der Waals surface area contributed by atoms with Crippen molar-refractivity contribution in [1.82, 2.24) is 4.90 Å². The molecule has 40 heavy (non-hydrogen) atoms. The van der Waals surface area contributed by atoms with E-state index in [0.29, 0.717) is 0 Å². The number of nitrogens with zero attached hydrogens (tertiary/aromatic N) is 1. The summed E-state index contributed by atoms with van der Waals surface area (Å²) in [6, 6.07) is 17.4. The molecule has 6 nitrogen and oxygen atoms in total. The number of hydrogen-bond acceptors (Lipinski definition) is 5. The molecule has 2 aliphatic heterocycles. The number of carbonyl (C=O) groups is 2. The number of amides is 1. The van der Waals surface area contributed by atoms with Crippen LogP contribution in [0.1, 0.15) is 40.2 Å². The van der Waals surface area contributed by atoms with Crippen LogP contribution in [0.3, 0.4) is 0 Å². The zero-order chi connectivity index (χ0) is 28.0. The minimum Gasteiger partial charge on any atom is -0.448 e. The molecule has 2 fully saturated rings. The van der Waals surface area contributed by atoms with Crippen molar-refractivity contribution in [3.05, 3.63) is 89.2 Å². The third-order valence-electron chi connectivity index (χ3n) is 7.87. The first-order valence-corrected chi connectivity index (χ1v) is 13.0. The van der Waals surface area contributed by atoms with Gasteiger partial charge in [-0.05, 0) is 53.3 Å². The van der Waals surface area contributed by atoms with Gasteiger partial charge in [-0.1, -0.05) is 48.5 Å². The molecule has 2 atom stereocenters. The van der Waals surface area contributed by atoms with E-state index in [9.17, 15) is 27.2 Å². The standard InChI is InChI=1S/C30H25F4NO5/c31-27-10-9-20(40-30(32,33)34)13-25(27)28(36)17-11-18-14-38-15-19(12-17)35(18)29(37)39-16-26-23-7-3-1-5-21(23)22-6-2-4-8-24(22)26/h1-10,13,17-19,26H,11-12,14-16H2. The van der Waals surface area contributed by atoms with Crippen LogP contribution in [-0.4, -0.2) is 55.0 Å². The maximum Gasteiger partial charge on any atom is 0.573 e. The number of ketones is 1.